The number of carbonyl (C=O) groups is 1. The summed E-state index contributed by atoms with van der Waals surface area (Å²) in [7, 11) is -0.142. The highest BCUT2D eigenvalue weighted by atomic mass is 35.5. The molecule has 1 aliphatic rings. The van der Waals surface area contributed by atoms with Crippen LogP contribution in [-0.2, 0) is 15.8 Å². The van der Waals surface area contributed by atoms with Crippen molar-refractivity contribution in [2.75, 3.05) is 12.4 Å². The van der Waals surface area contributed by atoms with Gasteiger partial charge >= 0.3 is 0 Å². The fourth-order valence-corrected chi connectivity index (χ4v) is 4.64. The highest BCUT2D eigenvalue weighted by Crippen LogP contribution is 2.40. The number of hydrogen-bond acceptors (Lipinski definition) is 5. The van der Waals surface area contributed by atoms with E-state index in [0.29, 0.717) is 19.9 Å². The molecule has 0 fully saturated rings. The quantitative estimate of drug-likeness (QED) is 0.867. The van der Waals surface area contributed by atoms with Crippen molar-refractivity contribution in [3.05, 3.63) is 45.4 Å². The molecule has 22 heavy (non-hydrogen) atoms. The Labute approximate surface area is 137 Å². The van der Waals surface area contributed by atoms with Gasteiger partial charge in [0.25, 0.3) is 5.91 Å². The van der Waals surface area contributed by atoms with Crippen molar-refractivity contribution >= 4 is 51.4 Å². The number of amides is 1. The first kappa shape index (κ1) is 15.0. The van der Waals surface area contributed by atoms with Crippen molar-refractivity contribution in [2.45, 2.75) is 4.90 Å². The van der Waals surface area contributed by atoms with E-state index in [1.165, 1.54) is 23.6 Å². The highest BCUT2D eigenvalue weighted by Gasteiger charge is 2.34. The normalized spacial score (nSPS) is 17.4. The SMILES string of the molecule is CN1C(C(=O)Nc2ccccn2)=C(O)c2sc(Cl)cc2S1=O. The molecule has 0 spiro atoms. The van der Waals surface area contributed by atoms with Gasteiger partial charge < -0.3 is 10.4 Å². The molecule has 1 aliphatic heterocycles. The van der Waals surface area contributed by atoms with E-state index in [1.54, 1.807) is 18.2 Å². The number of thiophene rings is 1. The van der Waals surface area contributed by atoms with Gasteiger partial charge in [-0.05, 0) is 18.2 Å². The van der Waals surface area contributed by atoms with Crippen LogP contribution in [0.4, 0.5) is 5.82 Å². The molecule has 0 aliphatic carbocycles. The molecule has 1 amide bonds. The molecule has 0 saturated heterocycles. The molecule has 0 bridgehead atoms. The molecule has 9 heteroatoms. The second kappa shape index (κ2) is 5.71. The van der Waals surface area contributed by atoms with Crippen molar-refractivity contribution in [1.82, 2.24) is 9.29 Å². The second-order valence-electron chi connectivity index (χ2n) is 4.36. The molecule has 114 valence electrons. The molecule has 2 aromatic rings. The maximum atomic E-state index is 12.4. The Morgan fingerprint density at radius 3 is 2.95 bits per heavy atom. The third kappa shape index (κ3) is 2.49. The molecule has 2 N–H and O–H groups in total. The average Bonchev–Trinajstić information content (AvgIpc) is 2.88. The lowest BCUT2D eigenvalue weighted by Crippen LogP contribution is -2.33. The number of carbonyl (C=O) groups excluding carboxylic acids is 1. The van der Waals surface area contributed by atoms with Gasteiger partial charge in [0.2, 0.25) is 0 Å². The molecule has 0 radical (unpaired) electrons. The molecule has 2 aromatic heterocycles. The molecule has 1 unspecified atom stereocenters. The van der Waals surface area contributed by atoms with Crippen LogP contribution in [0.3, 0.4) is 0 Å². The fourth-order valence-electron chi connectivity index (χ4n) is 1.99. The van der Waals surface area contributed by atoms with Gasteiger partial charge in [0.1, 0.15) is 5.82 Å². The zero-order valence-electron chi connectivity index (χ0n) is 11.2. The van der Waals surface area contributed by atoms with Crippen LogP contribution in [0.2, 0.25) is 4.34 Å². The van der Waals surface area contributed by atoms with E-state index in [4.69, 9.17) is 11.6 Å². The summed E-state index contributed by atoms with van der Waals surface area (Å²) in [6.45, 7) is 0. The van der Waals surface area contributed by atoms with Crippen LogP contribution >= 0.6 is 22.9 Å². The molecule has 3 rings (SSSR count). The van der Waals surface area contributed by atoms with Crippen molar-refractivity contribution in [3.63, 3.8) is 0 Å². The molecule has 0 aromatic carbocycles. The monoisotopic (exact) mass is 355 g/mol. The third-order valence-corrected chi connectivity index (χ3v) is 5.76. The van der Waals surface area contributed by atoms with Gasteiger partial charge in [0, 0.05) is 13.2 Å². The van der Waals surface area contributed by atoms with E-state index in [2.05, 4.69) is 10.3 Å². The van der Waals surface area contributed by atoms with Crippen LogP contribution in [0.25, 0.3) is 5.76 Å². The van der Waals surface area contributed by atoms with Crippen LogP contribution in [0, 0.1) is 0 Å². The van der Waals surface area contributed by atoms with Crippen LogP contribution in [0.5, 0.6) is 0 Å². The fraction of sp³-hybridized carbons (Fsp3) is 0.0769. The number of aliphatic hydroxyl groups excluding tert-OH is 1. The minimum absolute atomic E-state index is 0.0880. The second-order valence-corrected chi connectivity index (χ2v) is 7.53. The number of aliphatic hydroxyl groups is 1. The van der Waals surface area contributed by atoms with Crippen LogP contribution in [0.1, 0.15) is 4.88 Å². The van der Waals surface area contributed by atoms with Gasteiger partial charge in [0.05, 0.1) is 14.1 Å². The summed E-state index contributed by atoms with van der Waals surface area (Å²) in [4.78, 5) is 17.1. The predicted octanol–water partition coefficient (Wildman–Crippen LogP) is 2.63. The first-order valence-electron chi connectivity index (χ1n) is 6.10. The number of likely N-dealkylation sites (N-methyl/N-ethyl adjacent to an activating group) is 1. The largest absolute Gasteiger partial charge is 0.504 e. The summed E-state index contributed by atoms with van der Waals surface area (Å²) < 4.78 is 14.0. The lowest BCUT2D eigenvalue weighted by atomic mass is 10.3. The topological polar surface area (TPSA) is 82.5 Å². The molecular weight excluding hydrogens is 346 g/mol. The van der Waals surface area contributed by atoms with E-state index < -0.39 is 16.9 Å². The maximum Gasteiger partial charge on any atom is 0.277 e. The summed E-state index contributed by atoms with van der Waals surface area (Å²) in [5.74, 6) is -0.508. The van der Waals surface area contributed by atoms with Gasteiger partial charge in [-0.3, -0.25) is 9.10 Å². The Balaban J connectivity index is 2.01. The molecule has 3 heterocycles. The maximum absolute atomic E-state index is 12.4. The lowest BCUT2D eigenvalue weighted by molar-refractivity contribution is -0.113. The van der Waals surface area contributed by atoms with Gasteiger partial charge in [-0.1, -0.05) is 17.7 Å². The van der Waals surface area contributed by atoms with Crippen LogP contribution in [0.15, 0.2) is 41.1 Å². The van der Waals surface area contributed by atoms with Gasteiger partial charge in [0.15, 0.2) is 22.4 Å². The zero-order chi connectivity index (χ0) is 15.9. The third-order valence-electron chi connectivity index (χ3n) is 2.98. The predicted molar refractivity (Wildman–Crippen MR) is 85.9 cm³/mol. The standard InChI is InChI=1S/C13H10ClN3O3S2/c1-17-10(13(19)16-9-4-2-3-5-15-9)11(18)12-7(22(17)20)6-8(14)21-12/h2-6,18H,1H3,(H,15,16,19). The number of nitrogens with one attached hydrogen (secondary N) is 1. The van der Waals surface area contributed by atoms with Crippen LogP contribution in [-0.4, -0.2) is 31.6 Å². The Morgan fingerprint density at radius 1 is 1.50 bits per heavy atom. The van der Waals surface area contributed by atoms with E-state index in [-0.39, 0.29) is 11.5 Å². The molecule has 1 atom stereocenters. The van der Waals surface area contributed by atoms with Crippen LogP contribution < -0.4 is 5.32 Å². The van der Waals surface area contributed by atoms with Gasteiger partial charge in [-0.2, -0.15) is 0 Å². The van der Waals surface area contributed by atoms with Crippen molar-refractivity contribution < 1.29 is 14.1 Å². The van der Waals surface area contributed by atoms with E-state index >= 15 is 0 Å². The number of aromatic nitrogens is 1. The molecular formula is C13H10ClN3O3S2. The number of fused-ring (bicyclic) bond motifs is 1. The summed E-state index contributed by atoms with van der Waals surface area (Å²) in [5.41, 5.74) is -0.0880. The Kier molecular flexibility index (Phi) is 3.90. The Morgan fingerprint density at radius 2 is 2.27 bits per heavy atom. The summed E-state index contributed by atoms with van der Waals surface area (Å²) in [6.07, 6.45) is 1.53. The number of pyridine rings is 1. The number of rotatable bonds is 2. The summed E-state index contributed by atoms with van der Waals surface area (Å²) in [5, 5.41) is 12.9. The van der Waals surface area contributed by atoms with Crippen molar-refractivity contribution in [3.8, 4) is 0 Å². The minimum atomic E-state index is -1.61. The van der Waals surface area contributed by atoms with Gasteiger partial charge in [-0.15, -0.1) is 11.3 Å². The van der Waals surface area contributed by atoms with E-state index in [0.717, 1.165) is 11.3 Å². The average molecular weight is 356 g/mol. The van der Waals surface area contributed by atoms with Crippen molar-refractivity contribution in [1.29, 1.82) is 0 Å². The minimum Gasteiger partial charge on any atom is -0.504 e. The smallest absolute Gasteiger partial charge is 0.277 e. The van der Waals surface area contributed by atoms with E-state index in [9.17, 15) is 14.1 Å². The zero-order valence-corrected chi connectivity index (χ0v) is 13.6. The number of anilines is 1. The summed E-state index contributed by atoms with van der Waals surface area (Å²) in [6, 6.07) is 6.57. The molecule has 0 saturated carbocycles. The van der Waals surface area contributed by atoms with Crippen molar-refractivity contribution in [2.24, 2.45) is 0 Å². The Hall–Kier alpha value is -1.90. The number of halogens is 1. The number of hydrogen-bond donors (Lipinski definition) is 2. The Bertz CT molecular complexity index is 804. The molecule has 6 nitrogen and oxygen atoms in total. The summed E-state index contributed by atoms with van der Waals surface area (Å²) >= 11 is 6.98. The van der Waals surface area contributed by atoms with E-state index in [1.807, 2.05) is 0 Å². The first-order valence-corrected chi connectivity index (χ1v) is 8.40. The highest BCUT2D eigenvalue weighted by molar-refractivity contribution is 7.83. The van der Waals surface area contributed by atoms with Gasteiger partial charge in [-0.25, -0.2) is 9.19 Å². The number of nitrogens with zero attached hydrogens (tertiary/aromatic N) is 2. The lowest BCUT2D eigenvalue weighted by Gasteiger charge is -2.25. The first-order chi connectivity index (χ1) is 10.5.